The number of carbonyl (C=O) groups excluding carboxylic acids is 1. The van der Waals surface area contributed by atoms with Crippen molar-refractivity contribution in [3.8, 4) is 0 Å². The molecule has 0 aliphatic carbocycles. The molecule has 0 aromatic carbocycles. The zero-order chi connectivity index (χ0) is 15.4. The van der Waals surface area contributed by atoms with Crippen LogP contribution < -0.4 is 27.6 Å². The number of nitrogens with one attached hydrogen (secondary N) is 3. The van der Waals surface area contributed by atoms with Gasteiger partial charge < -0.3 is 21.1 Å². The van der Waals surface area contributed by atoms with E-state index in [0.29, 0.717) is 26.0 Å². The summed E-state index contributed by atoms with van der Waals surface area (Å²) in [6.07, 6.45) is 1.18. The predicted molar refractivity (Wildman–Crippen MR) is 77.3 cm³/mol. The molecule has 116 valence electrons. The number of aromatic nitrogens is 2. The molecule has 0 saturated carbocycles. The van der Waals surface area contributed by atoms with E-state index in [9.17, 15) is 14.4 Å². The number of hydrogen-bond acceptors (Lipinski definition) is 6. The van der Waals surface area contributed by atoms with Crippen molar-refractivity contribution < 1.29 is 9.53 Å². The maximum Gasteiger partial charge on any atom is 0.330 e. The van der Waals surface area contributed by atoms with Crippen LogP contribution in [0.5, 0.6) is 0 Å². The lowest BCUT2D eigenvalue weighted by atomic mass is 10.2. The molecule has 2 rings (SSSR count). The Balaban J connectivity index is 2.16. The van der Waals surface area contributed by atoms with Gasteiger partial charge in [0.15, 0.2) is 0 Å². The molecular weight excluding hydrogens is 278 g/mol. The lowest BCUT2D eigenvalue weighted by Crippen LogP contribution is -2.37. The van der Waals surface area contributed by atoms with Gasteiger partial charge in [-0.3, -0.25) is 19.1 Å². The molecule has 5 N–H and O–H groups in total. The van der Waals surface area contributed by atoms with E-state index in [1.165, 1.54) is 11.7 Å². The number of rotatable bonds is 6. The SMILES string of the molecule is COCCn1c(N)c(NCC2CCC(=O)N2)c(=O)[nH]c1=O. The Morgan fingerprint density at radius 1 is 1.43 bits per heavy atom. The summed E-state index contributed by atoms with van der Waals surface area (Å²) in [5.41, 5.74) is 4.86. The number of anilines is 2. The molecule has 1 atom stereocenters. The monoisotopic (exact) mass is 297 g/mol. The van der Waals surface area contributed by atoms with Crippen LogP contribution in [-0.2, 0) is 16.1 Å². The van der Waals surface area contributed by atoms with Gasteiger partial charge in [-0.2, -0.15) is 0 Å². The zero-order valence-electron chi connectivity index (χ0n) is 11.8. The molecule has 21 heavy (non-hydrogen) atoms. The van der Waals surface area contributed by atoms with E-state index >= 15 is 0 Å². The quantitative estimate of drug-likeness (QED) is 0.503. The van der Waals surface area contributed by atoms with Gasteiger partial charge in [-0.1, -0.05) is 0 Å². The Morgan fingerprint density at radius 3 is 2.81 bits per heavy atom. The van der Waals surface area contributed by atoms with Crippen LogP contribution in [0, 0.1) is 0 Å². The van der Waals surface area contributed by atoms with Crippen LogP contribution >= 0.6 is 0 Å². The minimum absolute atomic E-state index is 0.00579. The first-order chi connectivity index (χ1) is 10.0. The minimum atomic E-state index is -0.575. The molecule has 1 aliphatic heterocycles. The van der Waals surface area contributed by atoms with Crippen LogP contribution in [0.25, 0.3) is 0 Å². The third-order valence-corrected chi connectivity index (χ3v) is 3.37. The minimum Gasteiger partial charge on any atom is -0.383 e. The van der Waals surface area contributed by atoms with E-state index in [1.807, 2.05) is 0 Å². The van der Waals surface area contributed by atoms with Crippen molar-refractivity contribution in [2.45, 2.75) is 25.4 Å². The first-order valence-electron chi connectivity index (χ1n) is 6.67. The van der Waals surface area contributed by atoms with Gasteiger partial charge in [-0.25, -0.2) is 4.79 Å². The summed E-state index contributed by atoms with van der Waals surface area (Å²) >= 11 is 0. The van der Waals surface area contributed by atoms with Gasteiger partial charge in [0.25, 0.3) is 5.56 Å². The summed E-state index contributed by atoms with van der Waals surface area (Å²) < 4.78 is 6.14. The van der Waals surface area contributed by atoms with Gasteiger partial charge in [-0.15, -0.1) is 0 Å². The van der Waals surface area contributed by atoms with E-state index in [-0.39, 0.29) is 30.0 Å². The molecule has 0 spiro atoms. The number of carbonyl (C=O) groups is 1. The number of nitrogens with two attached hydrogens (primary N) is 1. The summed E-state index contributed by atoms with van der Waals surface area (Å²) in [7, 11) is 1.51. The summed E-state index contributed by atoms with van der Waals surface area (Å²) in [6, 6.07) is -0.0457. The Bertz CT molecular complexity index is 636. The number of aromatic amines is 1. The Hall–Kier alpha value is -2.29. The van der Waals surface area contributed by atoms with Gasteiger partial charge in [0.2, 0.25) is 5.91 Å². The fourth-order valence-electron chi connectivity index (χ4n) is 2.22. The number of ether oxygens (including phenoxy) is 1. The molecule has 2 heterocycles. The summed E-state index contributed by atoms with van der Waals surface area (Å²) in [6.45, 7) is 0.919. The fourth-order valence-corrected chi connectivity index (χ4v) is 2.22. The highest BCUT2D eigenvalue weighted by Gasteiger charge is 2.21. The highest BCUT2D eigenvalue weighted by Crippen LogP contribution is 2.12. The smallest absolute Gasteiger partial charge is 0.330 e. The molecule has 0 radical (unpaired) electrons. The molecule has 1 aliphatic rings. The van der Waals surface area contributed by atoms with Crippen LogP contribution in [-0.4, -0.2) is 41.8 Å². The molecule has 1 unspecified atom stereocenters. The van der Waals surface area contributed by atoms with Crippen molar-refractivity contribution in [1.82, 2.24) is 14.9 Å². The normalized spacial score (nSPS) is 17.8. The lowest BCUT2D eigenvalue weighted by molar-refractivity contribution is -0.119. The van der Waals surface area contributed by atoms with Crippen LogP contribution in [0.4, 0.5) is 11.5 Å². The largest absolute Gasteiger partial charge is 0.383 e. The maximum atomic E-state index is 11.8. The molecule has 9 heteroatoms. The van der Waals surface area contributed by atoms with Gasteiger partial charge in [-0.05, 0) is 6.42 Å². The Kier molecular flexibility index (Phi) is 4.63. The summed E-state index contributed by atoms with van der Waals surface area (Å²) in [5, 5.41) is 5.68. The Morgan fingerprint density at radius 2 is 2.19 bits per heavy atom. The third kappa shape index (κ3) is 3.43. The average Bonchev–Trinajstić information content (AvgIpc) is 2.84. The first kappa shape index (κ1) is 15.1. The standard InChI is InChI=1S/C12H19N5O4/c1-21-5-4-17-10(13)9(11(19)16-12(17)20)14-6-7-2-3-8(18)15-7/h7,14H,2-6,13H2,1H3,(H,15,18)(H,16,19,20). The number of nitrogen functional groups attached to an aromatic ring is 1. The summed E-state index contributed by atoms with van der Waals surface area (Å²) in [4.78, 5) is 36.9. The van der Waals surface area contributed by atoms with Crippen molar-refractivity contribution in [2.75, 3.05) is 31.3 Å². The van der Waals surface area contributed by atoms with Crippen LogP contribution in [0.2, 0.25) is 0 Å². The van der Waals surface area contributed by atoms with E-state index in [1.54, 1.807) is 0 Å². The van der Waals surface area contributed by atoms with Crippen LogP contribution in [0.3, 0.4) is 0 Å². The zero-order valence-corrected chi connectivity index (χ0v) is 11.8. The van der Waals surface area contributed by atoms with Gasteiger partial charge >= 0.3 is 5.69 Å². The molecular formula is C12H19N5O4. The molecule has 1 aromatic rings. The van der Waals surface area contributed by atoms with E-state index in [4.69, 9.17) is 10.5 Å². The molecule has 1 fully saturated rings. The fraction of sp³-hybridized carbons (Fsp3) is 0.583. The molecule has 1 saturated heterocycles. The van der Waals surface area contributed by atoms with Crippen molar-refractivity contribution in [2.24, 2.45) is 0 Å². The number of nitrogens with zero attached hydrogens (tertiary/aromatic N) is 1. The molecule has 0 bridgehead atoms. The molecule has 1 amide bonds. The van der Waals surface area contributed by atoms with E-state index < -0.39 is 11.2 Å². The lowest BCUT2D eigenvalue weighted by Gasteiger charge is -2.16. The topological polar surface area (TPSA) is 131 Å². The number of hydrogen-bond donors (Lipinski definition) is 4. The summed E-state index contributed by atoms with van der Waals surface area (Å²) in [5.74, 6) is 0.0545. The second-order valence-corrected chi connectivity index (χ2v) is 4.85. The third-order valence-electron chi connectivity index (χ3n) is 3.37. The number of H-pyrrole nitrogens is 1. The highest BCUT2D eigenvalue weighted by molar-refractivity contribution is 5.78. The maximum absolute atomic E-state index is 11.8. The van der Waals surface area contributed by atoms with Crippen molar-refractivity contribution in [3.63, 3.8) is 0 Å². The molecule has 9 nitrogen and oxygen atoms in total. The van der Waals surface area contributed by atoms with Crippen molar-refractivity contribution in [3.05, 3.63) is 20.8 Å². The second-order valence-electron chi connectivity index (χ2n) is 4.85. The van der Waals surface area contributed by atoms with Crippen molar-refractivity contribution in [1.29, 1.82) is 0 Å². The first-order valence-corrected chi connectivity index (χ1v) is 6.67. The highest BCUT2D eigenvalue weighted by atomic mass is 16.5. The molecule has 1 aromatic heterocycles. The number of methoxy groups -OCH3 is 1. The second kappa shape index (κ2) is 6.44. The van der Waals surface area contributed by atoms with Gasteiger partial charge in [0.1, 0.15) is 11.5 Å². The van der Waals surface area contributed by atoms with Gasteiger partial charge in [0, 0.05) is 26.1 Å². The van der Waals surface area contributed by atoms with E-state index in [0.717, 1.165) is 0 Å². The van der Waals surface area contributed by atoms with Gasteiger partial charge in [0.05, 0.1) is 13.2 Å². The van der Waals surface area contributed by atoms with Crippen LogP contribution in [0.1, 0.15) is 12.8 Å². The average molecular weight is 297 g/mol. The van der Waals surface area contributed by atoms with Crippen molar-refractivity contribution >= 4 is 17.4 Å². The number of amides is 1. The van der Waals surface area contributed by atoms with E-state index in [2.05, 4.69) is 15.6 Å². The Labute approximate surface area is 120 Å². The predicted octanol–water partition coefficient (Wildman–Crippen LogP) is -1.54. The van der Waals surface area contributed by atoms with Crippen LogP contribution in [0.15, 0.2) is 9.59 Å².